The summed E-state index contributed by atoms with van der Waals surface area (Å²) in [5, 5.41) is 0. The Kier molecular flexibility index (Phi) is 3.78. The highest BCUT2D eigenvalue weighted by molar-refractivity contribution is 6.09. The number of rotatable bonds is 2. The monoisotopic (exact) mass is 260 g/mol. The molecule has 1 aromatic heterocycles. The SMILES string of the molecule is CC(C)(C)C1CCC(=O)C(C(=O)c2ncccn2)C1. The Morgan fingerprint density at radius 1 is 1.26 bits per heavy atom. The lowest BCUT2D eigenvalue weighted by atomic mass is 9.68. The molecule has 0 aliphatic heterocycles. The van der Waals surface area contributed by atoms with Gasteiger partial charge < -0.3 is 0 Å². The molecule has 0 amide bonds. The van der Waals surface area contributed by atoms with Crippen molar-refractivity contribution < 1.29 is 9.59 Å². The van der Waals surface area contributed by atoms with E-state index < -0.39 is 5.92 Å². The van der Waals surface area contributed by atoms with Gasteiger partial charge in [0.25, 0.3) is 0 Å². The third-order valence-corrected chi connectivity index (χ3v) is 3.98. The van der Waals surface area contributed by atoms with E-state index in [0.29, 0.717) is 18.8 Å². The highest BCUT2D eigenvalue weighted by Gasteiger charge is 2.39. The Bertz CT molecular complexity index is 477. The van der Waals surface area contributed by atoms with E-state index in [9.17, 15) is 9.59 Å². The van der Waals surface area contributed by atoms with Gasteiger partial charge in [-0.25, -0.2) is 9.97 Å². The van der Waals surface area contributed by atoms with E-state index in [1.54, 1.807) is 6.07 Å². The fourth-order valence-corrected chi connectivity index (χ4v) is 2.65. The van der Waals surface area contributed by atoms with Crippen LogP contribution in [0.5, 0.6) is 0 Å². The summed E-state index contributed by atoms with van der Waals surface area (Å²) in [6, 6.07) is 1.66. The van der Waals surface area contributed by atoms with E-state index in [4.69, 9.17) is 0 Å². The van der Waals surface area contributed by atoms with E-state index in [1.165, 1.54) is 12.4 Å². The predicted octanol–water partition coefficient (Wildman–Crippen LogP) is 2.69. The first kappa shape index (κ1) is 13.8. The van der Waals surface area contributed by atoms with E-state index in [0.717, 1.165) is 6.42 Å². The molecule has 4 nitrogen and oxygen atoms in total. The van der Waals surface area contributed by atoms with Crippen LogP contribution in [0.1, 0.15) is 50.7 Å². The van der Waals surface area contributed by atoms with Gasteiger partial charge in [0.05, 0.1) is 5.92 Å². The lowest BCUT2D eigenvalue weighted by Crippen LogP contribution is -2.36. The molecule has 0 aromatic carbocycles. The minimum Gasteiger partial charge on any atom is -0.299 e. The van der Waals surface area contributed by atoms with Gasteiger partial charge in [-0.3, -0.25) is 9.59 Å². The molecule has 1 saturated carbocycles. The summed E-state index contributed by atoms with van der Waals surface area (Å²) in [6.07, 6.45) is 5.07. The highest BCUT2D eigenvalue weighted by atomic mass is 16.2. The summed E-state index contributed by atoms with van der Waals surface area (Å²) in [5.41, 5.74) is 0.122. The van der Waals surface area contributed by atoms with Gasteiger partial charge in [0, 0.05) is 18.8 Å². The Morgan fingerprint density at radius 3 is 2.47 bits per heavy atom. The van der Waals surface area contributed by atoms with Crippen molar-refractivity contribution in [1.82, 2.24) is 9.97 Å². The molecule has 2 unspecified atom stereocenters. The summed E-state index contributed by atoms with van der Waals surface area (Å²) in [6.45, 7) is 6.48. The summed E-state index contributed by atoms with van der Waals surface area (Å²) in [5.74, 6) is -0.184. The van der Waals surface area contributed by atoms with Gasteiger partial charge >= 0.3 is 0 Å². The van der Waals surface area contributed by atoms with Gasteiger partial charge in [0.15, 0.2) is 5.82 Å². The quantitative estimate of drug-likeness (QED) is 0.606. The Balaban J connectivity index is 2.18. The molecular formula is C15H20N2O2. The average Bonchev–Trinajstić information content (AvgIpc) is 2.38. The Labute approximate surface area is 113 Å². The molecule has 1 aliphatic rings. The van der Waals surface area contributed by atoms with Gasteiger partial charge in [-0.05, 0) is 30.2 Å². The van der Waals surface area contributed by atoms with Crippen LogP contribution < -0.4 is 0 Å². The van der Waals surface area contributed by atoms with Crippen molar-refractivity contribution in [3.63, 3.8) is 0 Å². The molecule has 0 N–H and O–H groups in total. The maximum absolute atomic E-state index is 12.3. The van der Waals surface area contributed by atoms with Crippen molar-refractivity contribution in [1.29, 1.82) is 0 Å². The van der Waals surface area contributed by atoms with Crippen LogP contribution in [0.15, 0.2) is 18.5 Å². The average molecular weight is 260 g/mol. The standard InChI is InChI=1S/C15H20N2O2/c1-15(2,3)10-5-6-12(18)11(9-10)13(19)14-16-7-4-8-17-14/h4,7-8,10-11H,5-6,9H2,1-3H3. The van der Waals surface area contributed by atoms with E-state index >= 15 is 0 Å². The number of ketones is 2. The van der Waals surface area contributed by atoms with Gasteiger partial charge in [0.2, 0.25) is 5.78 Å². The molecule has 19 heavy (non-hydrogen) atoms. The minimum absolute atomic E-state index is 0.0398. The van der Waals surface area contributed by atoms with Crippen molar-refractivity contribution >= 4 is 11.6 Å². The molecule has 1 heterocycles. The summed E-state index contributed by atoms with van der Waals surface area (Å²) < 4.78 is 0. The Hall–Kier alpha value is -1.58. The molecule has 102 valence electrons. The maximum atomic E-state index is 12.3. The second kappa shape index (κ2) is 5.19. The van der Waals surface area contributed by atoms with Crippen LogP contribution in [0.3, 0.4) is 0 Å². The van der Waals surface area contributed by atoms with Gasteiger partial charge in [-0.1, -0.05) is 20.8 Å². The molecule has 1 fully saturated rings. The normalized spacial score (nSPS) is 24.3. The molecule has 1 aliphatic carbocycles. The smallest absolute Gasteiger partial charge is 0.210 e. The topological polar surface area (TPSA) is 59.9 Å². The molecule has 4 heteroatoms. The zero-order valence-corrected chi connectivity index (χ0v) is 11.7. The number of Topliss-reactive ketones (excluding diaryl/α,β-unsaturated/α-hetero) is 2. The van der Waals surface area contributed by atoms with Crippen LogP contribution in [0.4, 0.5) is 0 Å². The highest BCUT2D eigenvalue weighted by Crippen LogP contribution is 2.39. The predicted molar refractivity (Wildman–Crippen MR) is 71.7 cm³/mol. The lowest BCUT2D eigenvalue weighted by molar-refractivity contribution is -0.124. The molecule has 1 aromatic rings. The maximum Gasteiger partial charge on any atom is 0.210 e. The van der Waals surface area contributed by atoms with Gasteiger partial charge in [-0.2, -0.15) is 0 Å². The van der Waals surface area contributed by atoms with Crippen LogP contribution in [0.25, 0.3) is 0 Å². The Morgan fingerprint density at radius 2 is 1.89 bits per heavy atom. The zero-order valence-electron chi connectivity index (χ0n) is 11.7. The fourth-order valence-electron chi connectivity index (χ4n) is 2.65. The first-order valence-corrected chi connectivity index (χ1v) is 6.73. The van der Waals surface area contributed by atoms with Crippen molar-refractivity contribution in [3.05, 3.63) is 24.3 Å². The van der Waals surface area contributed by atoms with Gasteiger partial charge in [-0.15, -0.1) is 0 Å². The van der Waals surface area contributed by atoms with E-state index in [1.807, 2.05) is 0 Å². The molecule has 2 rings (SSSR count). The second-order valence-corrected chi connectivity index (χ2v) is 6.29. The number of carbonyl (C=O) groups is 2. The first-order chi connectivity index (χ1) is 8.89. The van der Waals surface area contributed by atoms with Crippen molar-refractivity contribution in [2.24, 2.45) is 17.3 Å². The number of carbonyl (C=O) groups excluding carboxylic acids is 2. The van der Waals surface area contributed by atoms with Crippen molar-refractivity contribution in [3.8, 4) is 0 Å². The van der Waals surface area contributed by atoms with E-state index in [2.05, 4.69) is 30.7 Å². The van der Waals surface area contributed by atoms with Crippen LogP contribution in [0, 0.1) is 17.3 Å². The van der Waals surface area contributed by atoms with E-state index in [-0.39, 0.29) is 22.8 Å². The van der Waals surface area contributed by atoms with Crippen LogP contribution in [0.2, 0.25) is 0 Å². The fraction of sp³-hybridized carbons (Fsp3) is 0.600. The zero-order chi connectivity index (χ0) is 14.0. The molecular weight excluding hydrogens is 240 g/mol. The number of aromatic nitrogens is 2. The van der Waals surface area contributed by atoms with Crippen LogP contribution >= 0.6 is 0 Å². The summed E-state index contributed by atoms with van der Waals surface area (Å²) >= 11 is 0. The molecule has 0 spiro atoms. The van der Waals surface area contributed by atoms with Crippen molar-refractivity contribution in [2.45, 2.75) is 40.0 Å². The third-order valence-electron chi connectivity index (χ3n) is 3.98. The molecule has 2 atom stereocenters. The summed E-state index contributed by atoms with van der Waals surface area (Å²) in [4.78, 5) is 32.3. The third kappa shape index (κ3) is 3.06. The van der Waals surface area contributed by atoms with Crippen LogP contribution in [-0.4, -0.2) is 21.5 Å². The summed E-state index contributed by atoms with van der Waals surface area (Å²) in [7, 11) is 0. The second-order valence-electron chi connectivity index (χ2n) is 6.29. The number of hydrogen-bond donors (Lipinski definition) is 0. The minimum atomic E-state index is -0.555. The van der Waals surface area contributed by atoms with Gasteiger partial charge in [0.1, 0.15) is 5.78 Å². The first-order valence-electron chi connectivity index (χ1n) is 6.73. The lowest BCUT2D eigenvalue weighted by Gasteiger charge is -2.36. The number of hydrogen-bond acceptors (Lipinski definition) is 4. The number of nitrogens with zero attached hydrogens (tertiary/aromatic N) is 2. The van der Waals surface area contributed by atoms with Crippen LogP contribution in [-0.2, 0) is 4.79 Å². The molecule has 0 bridgehead atoms. The largest absolute Gasteiger partial charge is 0.299 e. The molecule has 0 saturated heterocycles. The van der Waals surface area contributed by atoms with Crippen molar-refractivity contribution in [2.75, 3.05) is 0 Å². The molecule has 0 radical (unpaired) electrons.